The van der Waals surface area contributed by atoms with Gasteiger partial charge in [-0.3, -0.25) is 18.4 Å². The molecule has 0 bridgehead atoms. The molecule has 0 spiro atoms. The Bertz CT molecular complexity index is 3570. The number of benzene rings is 6. The molecule has 2 saturated heterocycles. The Morgan fingerprint density at radius 3 is 1.37 bits per heavy atom. The number of para-hydroxylation sites is 4. The van der Waals surface area contributed by atoms with Crippen molar-refractivity contribution in [3.8, 4) is 69.6 Å². The van der Waals surface area contributed by atoms with Gasteiger partial charge in [-0.05, 0) is 97.8 Å². The lowest BCUT2D eigenvalue weighted by molar-refractivity contribution is 0.241. The smallest absolute Gasteiger partial charge is 0.169 e. The number of alkyl halides is 1. The number of pyridine rings is 2. The highest BCUT2D eigenvalue weighted by atomic mass is 35.5. The number of nitriles is 2. The van der Waals surface area contributed by atoms with Gasteiger partial charge in [-0.15, -0.1) is 11.6 Å². The van der Waals surface area contributed by atoms with Gasteiger partial charge in [0, 0.05) is 130 Å². The van der Waals surface area contributed by atoms with Crippen LogP contribution in [0.2, 0.25) is 0 Å². The van der Waals surface area contributed by atoms with Crippen LogP contribution in [0.15, 0.2) is 134 Å². The Labute approximate surface area is 500 Å². The Morgan fingerprint density at radius 1 is 0.560 bits per heavy atom. The summed E-state index contributed by atoms with van der Waals surface area (Å²) >= 11 is 5.76. The summed E-state index contributed by atoms with van der Waals surface area (Å²) in [5, 5.41) is 30.8. The summed E-state index contributed by atoms with van der Waals surface area (Å²) < 4.78 is 67.8. The maximum absolute atomic E-state index is 11.6. The Hall–Kier alpha value is -8.37. The summed E-state index contributed by atoms with van der Waals surface area (Å²) in [5.74, 6) is 9.82. The van der Waals surface area contributed by atoms with E-state index in [1.54, 1.807) is 46.9 Å². The Kier molecular flexibility index (Phi) is 24.4. The molecule has 3 N–H and O–H groups in total. The highest BCUT2D eigenvalue weighted by Gasteiger charge is 2.19. The van der Waals surface area contributed by atoms with Gasteiger partial charge in [0.05, 0.1) is 75.2 Å². The summed E-state index contributed by atoms with van der Waals surface area (Å²) in [6.45, 7) is 5.49. The van der Waals surface area contributed by atoms with Crippen molar-refractivity contribution in [1.82, 2.24) is 20.2 Å². The van der Waals surface area contributed by atoms with Crippen molar-refractivity contribution in [3.05, 3.63) is 145 Å². The molecule has 2 fully saturated rings. The molecule has 8 aromatic rings. The first-order valence-corrected chi connectivity index (χ1v) is 30.3. The maximum Gasteiger partial charge on any atom is 0.169 e. The number of fused-ring (bicyclic) bond motifs is 2. The minimum absolute atomic E-state index is 0. The molecule has 2 aliphatic heterocycles. The summed E-state index contributed by atoms with van der Waals surface area (Å²) in [5.41, 5.74) is 4.98. The second kappa shape index (κ2) is 32.5. The lowest BCUT2D eigenvalue weighted by Gasteiger charge is -2.25. The third-order valence-corrected chi connectivity index (χ3v) is 15.9. The molecule has 0 unspecified atom stereocenters. The molecule has 0 radical (unpaired) electrons. The molecule has 10 rings (SSSR count). The first-order chi connectivity index (χ1) is 40.6. The predicted molar refractivity (Wildman–Crippen MR) is 334 cm³/mol. The van der Waals surface area contributed by atoms with Crippen molar-refractivity contribution in [1.29, 1.82) is 10.5 Å². The number of aromatic nitrogens is 2. The average molecular weight is 1200 g/mol. The van der Waals surface area contributed by atoms with Crippen molar-refractivity contribution in [2.45, 2.75) is 20.3 Å². The van der Waals surface area contributed by atoms with Gasteiger partial charge in [0.2, 0.25) is 0 Å². The molecule has 6 aromatic carbocycles. The number of anilines is 4. The lowest BCUT2D eigenvalue weighted by atomic mass is 10.1. The van der Waals surface area contributed by atoms with Gasteiger partial charge in [0.15, 0.2) is 46.0 Å². The van der Waals surface area contributed by atoms with Crippen LogP contribution in [0.25, 0.3) is 21.8 Å². The molecule has 0 saturated carbocycles. The zero-order valence-electron chi connectivity index (χ0n) is 46.6. The second-order valence-corrected chi connectivity index (χ2v) is 22.3. The van der Waals surface area contributed by atoms with E-state index >= 15 is 0 Å². The van der Waals surface area contributed by atoms with Crippen molar-refractivity contribution in [2.24, 2.45) is 0 Å². The van der Waals surface area contributed by atoms with Crippen LogP contribution < -0.4 is 53.8 Å². The molecule has 84 heavy (non-hydrogen) atoms. The Balaban J connectivity index is 0.000000215. The number of methoxy groups -OCH3 is 4. The van der Waals surface area contributed by atoms with E-state index in [4.69, 9.17) is 49.5 Å². The summed E-state index contributed by atoms with van der Waals surface area (Å²) in [4.78, 5) is 11.3. The normalized spacial score (nSPS) is 13.2. The summed E-state index contributed by atoms with van der Waals surface area (Å²) in [6.07, 6.45) is 4.66. The standard InChI is InChI=1S/C31H32N4O5S.C27H24ClN3O4.C4H9NOS.CH4/c1-37-27-6-3-4-7-28(27)40-24-10-8-23(9-11-24)34-31-22(20-32)21-33-26-19-30(29(38-2)18-25(26)31)39-15-5-12-35-13-16-41(36)17-14-35;1-32-23-6-3-4-7-24(23)35-20-10-8-19(9-11-20)31-27-18(16-29)17-30-22-15-26(34-13-5-12-28)25(33-2)14-21(22)27;6-7-3-1-5-2-4-7;/h3-4,6-11,18-19,21H,5,12-17H2,1-2H3,(H,33,34);3-4,6-11,14-15,17H,5,12-13H2,1-2H3,(H,30,31);5H,1-4H2;1H4. The SMILES string of the molecule is C.COc1cc2c(Nc3ccc(Oc4ccccc4OC)cc3)c(C#N)cnc2cc1OCCCCl.COc1cc2c(Nc3ccc(Oc4ccccc4OC)cc3)c(C#N)cnc2cc1OCCCN1CCS(=O)CC1.O=S1CCNCC1. The van der Waals surface area contributed by atoms with E-state index in [0.29, 0.717) is 117 Å². The van der Waals surface area contributed by atoms with E-state index in [0.717, 1.165) is 84.3 Å². The van der Waals surface area contributed by atoms with Gasteiger partial charge in [0.25, 0.3) is 0 Å². The topological polar surface area (TPSA) is 221 Å². The van der Waals surface area contributed by atoms with Crippen LogP contribution in [0, 0.1) is 22.7 Å². The average Bonchev–Trinajstić information content (AvgIpc) is 3.72. The number of halogens is 1. The van der Waals surface area contributed by atoms with Crippen LogP contribution in [0.1, 0.15) is 31.4 Å². The number of rotatable bonds is 21. The first kappa shape index (κ1) is 63.2. The lowest BCUT2D eigenvalue weighted by Crippen LogP contribution is -2.38. The molecule has 0 atom stereocenters. The van der Waals surface area contributed by atoms with Gasteiger partial charge < -0.3 is 58.7 Å². The largest absolute Gasteiger partial charge is 0.493 e. The first-order valence-electron chi connectivity index (χ1n) is 26.8. The minimum Gasteiger partial charge on any atom is -0.493 e. The van der Waals surface area contributed by atoms with Gasteiger partial charge in [-0.2, -0.15) is 10.5 Å². The molecular weight excluding hydrogens is 1130 g/mol. The second-order valence-electron chi connectivity index (χ2n) is 18.5. The highest BCUT2D eigenvalue weighted by Crippen LogP contribution is 2.40. The van der Waals surface area contributed by atoms with Gasteiger partial charge in [-0.1, -0.05) is 31.7 Å². The molecule has 21 heteroatoms. The summed E-state index contributed by atoms with van der Waals surface area (Å²) in [6, 6.07) is 41.5. The highest BCUT2D eigenvalue weighted by molar-refractivity contribution is 7.85. The zero-order valence-corrected chi connectivity index (χ0v) is 49.0. The van der Waals surface area contributed by atoms with Crippen molar-refractivity contribution < 1.29 is 46.3 Å². The van der Waals surface area contributed by atoms with Crippen LogP contribution in [-0.4, -0.2) is 127 Å². The third kappa shape index (κ3) is 17.3. The molecular formula is C63H69ClN8O10S2. The summed E-state index contributed by atoms with van der Waals surface area (Å²) in [7, 11) is 5.20. The third-order valence-electron chi connectivity index (χ3n) is 13.1. The molecule has 0 amide bonds. The van der Waals surface area contributed by atoms with E-state index in [2.05, 4.69) is 43.0 Å². The van der Waals surface area contributed by atoms with E-state index in [1.807, 2.05) is 115 Å². The van der Waals surface area contributed by atoms with Crippen molar-refractivity contribution >= 4 is 77.8 Å². The zero-order chi connectivity index (χ0) is 58.3. The minimum atomic E-state index is -0.675. The fraction of sp³-hybridized carbons (Fsp3) is 0.302. The molecule has 0 aliphatic carbocycles. The number of hydrogen-bond acceptors (Lipinski definition) is 18. The van der Waals surface area contributed by atoms with Crippen LogP contribution in [0.5, 0.6) is 57.5 Å². The van der Waals surface area contributed by atoms with Crippen molar-refractivity contribution in [3.63, 3.8) is 0 Å². The molecule has 2 aromatic heterocycles. The maximum atomic E-state index is 11.6. The van der Waals surface area contributed by atoms with Gasteiger partial charge >= 0.3 is 0 Å². The van der Waals surface area contributed by atoms with Crippen LogP contribution >= 0.6 is 11.6 Å². The van der Waals surface area contributed by atoms with E-state index in [-0.39, 0.29) is 7.43 Å². The van der Waals surface area contributed by atoms with E-state index in [1.165, 1.54) is 0 Å². The fourth-order valence-corrected chi connectivity index (χ4v) is 10.9. The number of ether oxygens (including phenoxy) is 8. The molecule has 18 nitrogen and oxygen atoms in total. The van der Waals surface area contributed by atoms with Crippen LogP contribution in [-0.2, 0) is 21.6 Å². The quantitative estimate of drug-likeness (QED) is 0.0450. The molecule has 440 valence electrons. The van der Waals surface area contributed by atoms with E-state index < -0.39 is 21.6 Å². The molecule has 2 aliphatic rings. The van der Waals surface area contributed by atoms with Crippen LogP contribution in [0.3, 0.4) is 0 Å². The fourth-order valence-electron chi connectivity index (χ4n) is 8.75. The van der Waals surface area contributed by atoms with E-state index in [9.17, 15) is 18.9 Å². The number of nitrogens with zero attached hydrogens (tertiary/aromatic N) is 5. The monoisotopic (exact) mass is 1200 g/mol. The number of hydrogen-bond donors (Lipinski definition) is 3. The van der Waals surface area contributed by atoms with Crippen molar-refractivity contribution in [2.75, 3.05) is 114 Å². The van der Waals surface area contributed by atoms with Gasteiger partial charge in [0.1, 0.15) is 23.6 Å². The van der Waals surface area contributed by atoms with Gasteiger partial charge in [-0.25, -0.2) is 0 Å². The van der Waals surface area contributed by atoms with Crippen LogP contribution in [0.4, 0.5) is 22.7 Å². The molecule has 4 heterocycles. The Morgan fingerprint density at radius 2 is 0.976 bits per heavy atom. The number of nitrogens with one attached hydrogen (secondary N) is 3. The predicted octanol–water partition coefficient (Wildman–Crippen LogP) is 12.1.